The van der Waals surface area contributed by atoms with Crippen LogP contribution in [0, 0.1) is 11.6 Å². The molecule has 0 radical (unpaired) electrons. The minimum atomic E-state index is -3.73. The fourth-order valence-electron chi connectivity index (χ4n) is 2.85. The fourth-order valence-corrected chi connectivity index (χ4v) is 3.81. The molecular formula is C21H26F2N2O5S. The topological polar surface area (TPSA) is 84.9 Å². The Morgan fingerprint density at radius 3 is 2.42 bits per heavy atom. The van der Waals surface area contributed by atoms with Crippen molar-refractivity contribution < 1.29 is 31.5 Å². The van der Waals surface area contributed by atoms with Crippen molar-refractivity contribution in [1.29, 1.82) is 0 Å². The Hall–Kier alpha value is -2.88. The molecule has 2 aromatic rings. The summed E-state index contributed by atoms with van der Waals surface area (Å²) in [6, 6.07) is 9.70. The van der Waals surface area contributed by atoms with Gasteiger partial charge in [0.05, 0.1) is 25.1 Å². The normalized spacial score (nSPS) is 12.2. The van der Waals surface area contributed by atoms with Crippen LogP contribution in [-0.4, -0.2) is 46.9 Å². The predicted molar refractivity (Wildman–Crippen MR) is 114 cm³/mol. The number of sulfonamides is 1. The van der Waals surface area contributed by atoms with Crippen molar-refractivity contribution in [3.05, 3.63) is 54.1 Å². The molecule has 2 rings (SSSR count). The molecule has 1 N–H and O–H groups in total. The number of amides is 1. The number of nitrogens with zero attached hydrogens (tertiary/aromatic N) is 1. The molecule has 1 atom stereocenters. The van der Waals surface area contributed by atoms with Crippen molar-refractivity contribution in [2.45, 2.75) is 25.8 Å². The van der Waals surface area contributed by atoms with Gasteiger partial charge in [-0.3, -0.25) is 9.10 Å². The van der Waals surface area contributed by atoms with Crippen LogP contribution < -0.4 is 19.1 Å². The molecule has 1 amide bonds. The van der Waals surface area contributed by atoms with Gasteiger partial charge in [0, 0.05) is 19.0 Å². The van der Waals surface area contributed by atoms with Crippen molar-refractivity contribution >= 4 is 21.6 Å². The number of anilines is 1. The molecule has 0 aliphatic heterocycles. The number of hydrogen-bond acceptors (Lipinski definition) is 5. The zero-order chi connectivity index (χ0) is 23.0. The summed E-state index contributed by atoms with van der Waals surface area (Å²) in [5.41, 5.74) is 0.000356. The summed E-state index contributed by atoms with van der Waals surface area (Å²) in [6.45, 7) is 1.94. The van der Waals surface area contributed by atoms with E-state index in [1.54, 1.807) is 19.1 Å². The van der Waals surface area contributed by atoms with Gasteiger partial charge in [0.1, 0.15) is 6.61 Å². The summed E-state index contributed by atoms with van der Waals surface area (Å²) in [7, 11) is -2.20. The number of ether oxygens (including phenoxy) is 2. The van der Waals surface area contributed by atoms with Crippen LogP contribution in [0.5, 0.6) is 11.5 Å². The monoisotopic (exact) mass is 456 g/mol. The summed E-state index contributed by atoms with van der Waals surface area (Å²) in [5, 5.41) is 2.77. The van der Waals surface area contributed by atoms with Crippen LogP contribution in [0.3, 0.4) is 0 Å². The van der Waals surface area contributed by atoms with Gasteiger partial charge in [-0.05, 0) is 37.6 Å². The number of para-hydroxylation sites is 2. The maximum Gasteiger partial charge on any atom is 0.232 e. The van der Waals surface area contributed by atoms with E-state index in [0.29, 0.717) is 11.5 Å². The fraction of sp³-hybridized carbons (Fsp3) is 0.381. The SMILES string of the molecule is COc1ccccc1OCC(C)NC(=O)CCCN(c1ccc(F)c(F)c1)S(C)(=O)=O. The largest absolute Gasteiger partial charge is 0.493 e. The Kier molecular flexibility index (Phi) is 8.61. The number of hydrogen-bond donors (Lipinski definition) is 1. The van der Waals surface area contributed by atoms with Gasteiger partial charge >= 0.3 is 0 Å². The lowest BCUT2D eigenvalue weighted by Crippen LogP contribution is -2.37. The molecule has 7 nitrogen and oxygen atoms in total. The third kappa shape index (κ3) is 7.39. The van der Waals surface area contributed by atoms with E-state index in [2.05, 4.69) is 5.32 Å². The Labute approximate surface area is 181 Å². The van der Waals surface area contributed by atoms with E-state index in [1.807, 2.05) is 12.1 Å². The average molecular weight is 457 g/mol. The van der Waals surface area contributed by atoms with Crippen LogP contribution in [0.4, 0.5) is 14.5 Å². The maximum atomic E-state index is 13.5. The number of carbonyl (C=O) groups is 1. The highest BCUT2D eigenvalue weighted by Crippen LogP contribution is 2.25. The standard InChI is InChI=1S/C21H26F2N2O5S/c1-15(14-30-20-8-5-4-7-19(20)29-2)24-21(26)9-6-12-25(31(3,27)28)16-10-11-17(22)18(23)13-16/h4-5,7-8,10-11,13,15H,6,9,12,14H2,1-3H3,(H,24,26). The molecule has 10 heteroatoms. The number of carbonyl (C=O) groups excluding carboxylic acids is 1. The molecule has 0 heterocycles. The summed E-state index contributed by atoms with van der Waals surface area (Å²) < 4.78 is 62.5. The number of methoxy groups -OCH3 is 1. The molecule has 170 valence electrons. The first-order valence-corrected chi connectivity index (χ1v) is 11.4. The van der Waals surface area contributed by atoms with Crippen LogP contribution >= 0.6 is 0 Å². The minimum absolute atomic E-state index is 0.000356. The highest BCUT2D eigenvalue weighted by Gasteiger charge is 2.19. The summed E-state index contributed by atoms with van der Waals surface area (Å²) in [5.74, 6) is -1.36. The van der Waals surface area contributed by atoms with Crippen LogP contribution in [-0.2, 0) is 14.8 Å². The molecule has 0 bridgehead atoms. The van der Waals surface area contributed by atoms with Crippen LogP contribution in [0.15, 0.2) is 42.5 Å². The van der Waals surface area contributed by atoms with Gasteiger partial charge in [-0.15, -0.1) is 0 Å². The molecule has 0 aromatic heterocycles. The smallest absolute Gasteiger partial charge is 0.232 e. The van der Waals surface area contributed by atoms with E-state index in [9.17, 15) is 22.0 Å². The second kappa shape index (κ2) is 10.9. The van der Waals surface area contributed by atoms with E-state index in [-0.39, 0.29) is 43.6 Å². The first-order valence-electron chi connectivity index (χ1n) is 9.59. The van der Waals surface area contributed by atoms with Crippen LogP contribution in [0.25, 0.3) is 0 Å². The number of benzene rings is 2. The predicted octanol–water partition coefficient (Wildman–Crippen LogP) is 3.10. The Bertz CT molecular complexity index is 1000. The van der Waals surface area contributed by atoms with Gasteiger partial charge in [0.25, 0.3) is 0 Å². The van der Waals surface area contributed by atoms with E-state index >= 15 is 0 Å². The molecule has 0 fully saturated rings. The van der Waals surface area contributed by atoms with Gasteiger partial charge < -0.3 is 14.8 Å². The lowest BCUT2D eigenvalue weighted by atomic mass is 10.2. The molecule has 0 aliphatic carbocycles. The molecule has 1 unspecified atom stereocenters. The molecule has 2 aromatic carbocycles. The van der Waals surface area contributed by atoms with Gasteiger partial charge in [0.2, 0.25) is 15.9 Å². The second-order valence-corrected chi connectivity index (χ2v) is 8.87. The van der Waals surface area contributed by atoms with Crippen molar-refractivity contribution in [3.8, 4) is 11.5 Å². The van der Waals surface area contributed by atoms with Crippen molar-refractivity contribution in [2.75, 3.05) is 30.8 Å². The molecular weight excluding hydrogens is 430 g/mol. The van der Waals surface area contributed by atoms with E-state index in [1.165, 1.54) is 13.2 Å². The first-order chi connectivity index (χ1) is 14.6. The lowest BCUT2D eigenvalue weighted by Gasteiger charge is -2.22. The zero-order valence-electron chi connectivity index (χ0n) is 17.6. The highest BCUT2D eigenvalue weighted by molar-refractivity contribution is 7.92. The number of rotatable bonds is 11. The van der Waals surface area contributed by atoms with Gasteiger partial charge in [-0.2, -0.15) is 0 Å². The molecule has 0 saturated heterocycles. The summed E-state index contributed by atoms with van der Waals surface area (Å²) in [6.07, 6.45) is 1.21. The molecule has 31 heavy (non-hydrogen) atoms. The van der Waals surface area contributed by atoms with Gasteiger partial charge in [-0.25, -0.2) is 17.2 Å². The first kappa shape index (κ1) is 24.4. The third-order valence-electron chi connectivity index (χ3n) is 4.32. The summed E-state index contributed by atoms with van der Waals surface area (Å²) >= 11 is 0. The maximum absolute atomic E-state index is 13.5. The lowest BCUT2D eigenvalue weighted by molar-refractivity contribution is -0.121. The van der Waals surface area contributed by atoms with Gasteiger partial charge in [-0.1, -0.05) is 12.1 Å². The number of nitrogens with one attached hydrogen (secondary N) is 1. The Morgan fingerprint density at radius 1 is 1.13 bits per heavy atom. The van der Waals surface area contributed by atoms with Crippen molar-refractivity contribution in [3.63, 3.8) is 0 Å². The summed E-state index contributed by atoms with van der Waals surface area (Å²) in [4.78, 5) is 12.2. The van der Waals surface area contributed by atoms with Gasteiger partial charge in [0.15, 0.2) is 23.1 Å². The van der Waals surface area contributed by atoms with Crippen molar-refractivity contribution in [1.82, 2.24) is 5.32 Å². The quantitative estimate of drug-likeness (QED) is 0.562. The van der Waals surface area contributed by atoms with Crippen LogP contribution in [0.1, 0.15) is 19.8 Å². The van der Waals surface area contributed by atoms with E-state index in [4.69, 9.17) is 9.47 Å². The molecule has 0 spiro atoms. The molecule has 0 saturated carbocycles. The van der Waals surface area contributed by atoms with E-state index < -0.39 is 21.7 Å². The molecule has 0 aliphatic rings. The second-order valence-electron chi connectivity index (χ2n) is 6.97. The third-order valence-corrected chi connectivity index (χ3v) is 5.52. The van der Waals surface area contributed by atoms with Crippen LogP contribution in [0.2, 0.25) is 0 Å². The van der Waals surface area contributed by atoms with Crippen molar-refractivity contribution in [2.24, 2.45) is 0 Å². The Morgan fingerprint density at radius 2 is 1.81 bits per heavy atom. The average Bonchev–Trinajstić information content (AvgIpc) is 2.71. The Balaban J connectivity index is 1.85. The minimum Gasteiger partial charge on any atom is -0.493 e. The zero-order valence-corrected chi connectivity index (χ0v) is 18.4. The van der Waals surface area contributed by atoms with E-state index in [0.717, 1.165) is 22.7 Å². The number of halogens is 2. The highest BCUT2D eigenvalue weighted by atomic mass is 32.2.